The standard InChI is InChI=1S/C10H8N4O2/c15-9-8-7(13-10(9)16)4-6(12-8)5-14-3-1-2-11-14/h1-4,12H,5H2,(H,13,15,16). The molecule has 3 rings (SSSR count). The highest BCUT2D eigenvalue weighted by atomic mass is 16.2. The third-order valence-corrected chi connectivity index (χ3v) is 2.45. The van der Waals surface area contributed by atoms with Crippen LogP contribution in [0.5, 0.6) is 0 Å². The average Bonchev–Trinajstić information content (AvgIpc) is 2.91. The first-order chi connectivity index (χ1) is 7.74. The summed E-state index contributed by atoms with van der Waals surface area (Å²) in [5, 5.41) is 6.55. The molecule has 0 fully saturated rings. The molecule has 2 aromatic heterocycles. The van der Waals surface area contributed by atoms with E-state index in [0.717, 1.165) is 5.69 Å². The Labute approximate surface area is 90.3 Å². The lowest BCUT2D eigenvalue weighted by molar-refractivity contribution is -0.112. The smallest absolute Gasteiger partial charge is 0.298 e. The summed E-state index contributed by atoms with van der Waals surface area (Å²) in [5.41, 5.74) is 1.73. The number of nitrogens with one attached hydrogen (secondary N) is 2. The summed E-state index contributed by atoms with van der Waals surface area (Å²) in [6, 6.07) is 3.57. The molecule has 0 bridgehead atoms. The van der Waals surface area contributed by atoms with Gasteiger partial charge in [-0.1, -0.05) is 0 Å². The summed E-state index contributed by atoms with van der Waals surface area (Å²) in [5.74, 6) is -1.09. The van der Waals surface area contributed by atoms with Gasteiger partial charge in [0.1, 0.15) is 5.69 Å². The number of hydrogen-bond donors (Lipinski definition) is 2. The maximum absolute atomic E-state index is 11.3. The molecule has 1 aliphatic rings. The van der Waals surface area contributed by atoms with Crippen molar-refractivity contribution >= 4 is 17.4 Å². The summed E-state index contributed by atoms with van der Waals surface area (Å²) in [7, 11) is 0. The van der Waals surface area contributed by atoms with Crippen molar-refractivity contribution in [3.05, 3.63) is 35.9 Å². The first-order valence-corrected chi connectivity index (χ1v) is 4.79. The van der Waals surface area contributed by atoms with Crippen molar-refractivity contribution in [2.24, 2.45) is 0 Å². The van der Waals surface area contributed by atoms with Crippen LogP contribution in [0, 0.1) is 0 Å². The van der Waals surface area contributed by atoms with Crippen molar-refractivity contribution in [2.45, 2.75) is 6.54 Å². The minimum Gasteiger partial charge on any atom is -0.352 e. The van der Waals surface area contributed by atoms with Gasteiger partial charge >= 0.3 is 0 Å². The number of ketones is 1. The Morgan fingerprint density at radius 2 is 2.25 bits per heavy atom. The van der Waals surface area contributed by atoms with E-state index >= 15 is 0 Å². The molecule has 2 aromatic rings. The molecule has 0 aliphatic carbocycles. The quantitative estimate of drug-likeness (QED) is 0.713. The fourth-order valence-electron chi connectivity index (χ4n) is 1.73. The number of Topliss-reactive ketones (excluding diaryl/α,β-unsaturated/α-hetero) is 1. The normalized spacial score (nSPS) is 14.0. The third-order valence-electron chi connectivity index (χ3n) is 2.45. The Kier molecular flexibility index (Phi) is 1.70. The fourth-order valence-corrected chi connectivity index (χ4v) is 1.73. The van der Waals surface area contributed by atoms with Crippen LogP contribution in [0.3, 0.4) is 0 Å². The van der Waals surface area contributed by atoms with E-state index in [2.05, 4.69) is 15.4 Å². The molecule has 6 nitrogen and oxygen atoms in total. The lowest BCUT2D eigenvalue weighted by Crippen LogP contribution is -2.14. The Bertz CT molecular complexity index is 568. The SMILES string of the molecule is O=C1Nc2cc(Cn3cccn3)[nH]c2C1=O. The van der Waals surface area contributed by atoms with Gasteiger partial charge in [-0.2, -0.15) is 5.10 Å². The van der Waals surface area contributed by atoms with E-state index in [-0.39, 0.29) is 0 Å². The monoisotopic (exact) mass is 216 g/mol. The van der Waals surface area contributed by atoms with Gasteiger partial charge in [-0.15, -0.1) is 0 Å². The average molecular weight is 216 g/mol. The lowest BCUT2D eigenvalue weighted by atomic mass is 10.3. The molecular weight excluding hydrogens is 208 g/mol. The van der Waals surface area contributed by atoms with Gasteiger partial charge < -0.3 is 10.3 Å². The molecule has 1 amide bonds. The molecule has 0 radical (unpaired) electrons. The number of aromatic amines is 1. The number of rotatable bonds is 2. The first kappa shape index (κ1) is 8.90. The van der Waals surface area contributed by atoms with Crippen molar-refractivity contribution in [3.8, 4) is 0 Å². The number of anilines is 1. The summed E-state index contributed by atoms with van der Waals surface area (Å²) in [4.78, 5) is 25.3. The van der Waals surface area contributed by atoms with Gasteiger partial charge in [-0.3, -0.25) is 14.3 Å². The van der Waals surface area contributed by atoms with Crippen LogP contribution < -0.4 is 5.32 Å². The van der Waals surface area contributed by atoms with Crippen LogP contribution in [0.25, 0.3) is 0 Å². The van der Waals surface area contributed by atoms with Gasteiger partial charge in [0.2, 0.25) is 0 Å². The van der Waals surface area contributed by atoms with E-state index in [4.69, 9.17) is 0 Å². The Hall–Kier alpha value is -2.37. The Balaban J connectivity index is 1.90. The van der Waals surface area contributed by atoms with Crippen LogP contribution in [0.15, 0.2) is 24.5 Å². The number of hydrogen-bond acceptors (Lipinski definition) is 3. The van der Waals surface area contributed by atoms with Crippen molar-refractivity contribution in [2.75, 3.05) is 5.32 Å². The van der Waals surface area contributed by atoms with Crippen molar-refractivity contribution in [3.63, 3.8) is 0 Å². The molecular formula is C10H8N4O2. The van der Waals surface area contributed by atoms with Crippen molar-refractivity contribution < 1.29 is 9.59 Å². The van der Waals surface area contributed by atoms with E-state index in [1.54, 1.807) is 16.9 Å². The number of nitrogens with zero attached hydrogens (tertiary/aromatic N) is 2. The minimum atomic E-state index is -0.577. The first-order valence-electron chi connectivity index (χ1n) is 4.79. The number of carbonyl (C=O) groups excluding carboxylic acids is 2. The van der Waals surface area contributed by atoms with Gasteiger partial charge in [-0.05, 0) is 12.1 Å². The summed E-state index contributed by atoms with van der Waals surface area (Å²) >= 11 is 0. The van der Waals surface area contributed by atoms with E-state index in [9.17, 15) is 9.59 Å². The second-order valence-electron chi connectivity index (χ2n) is 3.57. The van der Waals surface area contributed by atoms with E-state index in [1.807, 2.05) is 12.3 Å². The number of aromatic nitrogens is 3. The number of H-pyrrole nitrogens is 1. The zero-order valence-electron chi connectivity index (χ0n) is 8.23. The van der Waals surface area contributed by atoms with Gasteiger partial charge in [0.25, 0.3) is 11.7 Å². The molecule has 1 aliphatic heterocycles. The molecule has 2 N–H and O–H groups in total. The highest BCUT2D eigenvalue weighted by Crippen LogP contribution is 2.23. The molecule has 6 heteroatoms. The van der Waals surface area contributed by atoms with Gasteiger partial charge in [0.15, 0.2) is 0 Å². The highest BCUT2D eigenvalue weighted by Gasteiger charge is 2.30. The largest absolute Gasteiger partial charge is 0.352 e. The lowest BCUT2D eigenvalue weighted by Gasteiger charge is -1.98. The van der Waals surface area contributed by atoms with Crippen LogP contribution in [-0.4, -0.2) is 26.5 Å². The second kappa shape index (κ2) is 3.06. The zero-order valence-corrected chi connectivity index (χ0v) is 8.23. The minimum absolute atomic E-state index is 0.340. The van der Waals surface area contributed by atoms with Crippen molar-refractivity contribution in [1.29, 1.82) is 0 Å². The van der Waals surface area contributed by atoms with Crippen LogP contribution in [0.4, 0.5) is 5.69 Å². The Morgan fingerprint density at radius 3 is 2.94 bits per heavy atom. The molecule has 80 valence electrons. The van der Waals surface area contributed by atoms with Gasteiger partial charge in [0, 0.05) is 18.1 Å². The number of fused-ring (bicyclic) bond motifs is 1. The summed E-state index contributed by atoms with van der Waals surface area (Å²) in [6.07, 6.45) is 3.51. The molecule has 16 heavy (non-hydrogen) atoms. The molecule has 0 spiro atoms. The Morgan fingerprint density at radius 1 is 1.38 bits per heavy atom. The van der Waals surface area contributed by atoms with Crippen LogP contribution in [0.1, 0.15) is 16.2 Å². The topological polar surface area (TPSA) is 79.8 Å². The zero-order chi connectivity index (χ0) is 11.1. The maximum Gasteiger partial charge on any atom is 0.298 e. The molecule has 0 saturated carbocycles. The molecule has 0 saturated heterocycles. The molecule has 0 aromatic carbocycles. The fraction of sp³-hybridized carbons (Fsp3) is 0.100. The van der Waals surface area contributed by atoms with Crippen LogP contribution in [0.2, 0.25) is 0 Å². The van der Waals surface area contributed by atoms with E-state index in [0.29, 0.717) is 17.9 Å². The molecule has 3 heterocycles. The second-order valence-corrected chi connectivity index (χ2v) is 3.57. The maximum atomic E-state index is 11.3. The van der Waals surface area contributed by atoms with Crippen molar-refractivity contribution in [1.82, 2.24) is 14.8 Å². The van der Waals surface area contributed by atoms with E-state index < -0.39 is 11.7 Å². The third kappa shape index (κ3) is 1.23. The summed E-state index contributed by atoms with van der Waals surface area (Å²) < 4.78 is 1.73. The van der Waals surface area contributed by atoms with Gasteiger partial charge in [-0.25, -0.2) is 0 Å². The molecule has 0 atom stereocenters. The van der Waals surface area contributed by atoms with Gasteiger partial charge in [0.05, 0.1) is 12.2 Å². The van der Waals surface area contributed by atoms with E-state index in [1.165, 1.54) is 0 Å². The van der Waals surface area contributed by atoms with Crippen LogP contribution >= 0.6 is 0 Å². The highest BCUT2D eigenvalue weighted by molar-refractivity contribution is 6.51. The number of carbonyl (C=O) groups is 2. The molecule has 0 unspecified atom stereocenters. The predicted molar refractivity (Wildman–Crippen MR) is 55.1 cm³/mol. The van der Waals surface area contributed by atoms with Crippen LogP contribution in [-0.2, 0) is 11.3 Å². The predicted octanol–water partition coefficient (Wildman–Crippen LogP) is 0.394. The number of amides is 1. The summed E-state index contributed by atoms with van der Waals surface area (Å²) in [6.45, 7) is 0.545.